The van der Waals surface area contributed by atoms with Gasteiger partial charge in [0.15, 0.2) is 0 Å². The molecule has 0 saturated heterocycles. The maximum absolute atomic E-state index is 12.0. The summed E-state index contributed by atoms with van der Waals surface area (Å²) in [6.07, 6.45) is 1.18. The van der Waals surface area contributed by atoms with Crippen molar-refractivity contribution in [3.05, 3.63) is 0 Å². The monoisotopic (exact) mass is 259 g/mol. The molecule has 0 aromatic carbocycles. The predicted molar refractivity (Wildman–Crippen MR) is 65.1 cm³/mol. The number of carbonyl (C=O) groups is 1. The molecule has 1 saturated carbocycles. The van der Waals surface area contributed by atoms with Crippen LogP contribution in [0.2, 0.25) is 0 Å². The molecule has 2 rings (SSSR count). The van der Waals surface area contributed by atoms with Gasteiger partial charge in [0.25, 0.3) is 0 Å². The first-order valence-corrected chi connectivity index (χ1v) is 6.24. The van der Waals surface area contributed by atoms with Crippen molar-refractivity contribution < 1.29 is 14.4 Å². The molecule has 2 aliphatic rings. The molecular weight excluding hydrogens is 242 g/mol. The van der Waals surface area contributed by atoms with Gasteiger partial charge in [0, 0.05) is 17.2 Å². The van der Waals surface area contributed by atoms with Crippen molar-refractivity contribution in [1.29, 1.82) is 0 Å². The van der Waals surface area contributed by atoms with Crippen LogP contribution in [0.3, 0.4) is 0 Å². The summed E-state index contributed by atoms with van der Waals surface area (Å²) >= 11 is 6.18. The molecule has 0 aromatic rings. The van der Waals surface area contributed by atoms with Crippen LogP contribution in [-0.2, 0) is 14.4 Å². The molecule has 1 fully saturated rings. The molecule has 17 heavy (non-hydrogen) atoms. The van der Waals surface area contributed by atoms with Gasteiger partial charge >= 0.3 is 5.97 Å². The minimum atomic E-state index is -0.982. The molecule has 1 heterocycles. The van der Waals surface area contributed by atoms with Gasteiger partial charge in [-0.15, -0.1) is 11.6 Å². The Morgan fingerprint density at radius 2 is 2.24 bits per heavy atom. The second kappa shape index (κ2) is 3.87. The molecule has 4 nitrogen and oxygen atoms in total. The van der Waals surface area contributed by atoms with Crippen LogP contribution in [-0.4, -0.2) is 29.8 Å². The summed E-state index contributed by atoms with van der Waals surface area (Å²) in [5, 5.41) is 4.06. The zero-order chi connectivity index (χ0) is 12.8. The lowest BCUT2D eigenvalue weighted by atomic mass is 9.76. The highest BCUT2D eigenvalue weighted by molar-refractivity contribution is 6.21. The van der Waals surface area contributed by atoms with Crippen molar-refractivity contribution in [2.75, 3.05) is 7.11 Å². The maximum atomic E-state index is 12.0. The van der Waals surface area contributed by atoms with Crippen LogP contribution in [0.15, 0.2) is 5.16 Å². The summed E-state index contributed by atoms with van der Waals surface area (Å²) in [7, 11) is 1.37. The van der Waals surface area contributed by atoms with Crippen molar-refractivity contribution in [3.8, 4) is 0 Å². The summed E-state index contributed by atoms with van der Waals surface area (Å²) in [5.74, 6) is -0.425. The van der Waals surface area contributed by atoms with E-state index in [0.29, 0.717) is 12.8 Å². The molecule has 0 radical (unpaired) electrons. The molecule has 0 aromatic heterocycles. The average Bonchev–Trinajstić information content (AvgIpc) is 2.69. The lowest BCUT2D eigenvalue weighted by Crippen LogP contribution is -2.45. The molecule has 1 aliphatic carbocycles. The molecule has 0 amide bonds. The Hall–Kier alpha value is -0.770. The molecule has 3 unspecified atom stereocenters. The van der Waals surface area contributed by atoms with E-state index in [9.17, 15) is 4.79 Å². The Morgan fingerprint density at radius 1 is 1.59 bits per heavy atom. The van der Waals surface area contributed by atoms with Crippen LogP contribution in [0.25, 0.3) is 0 Å². The summed E-state index contributed by atoms with van der Waals surface area (Å²) in [4.78, 5) is 17.4. The third-order valence-corrected chi connectivity index (χ3v) is 3.85. The highest BCUT2D eigenvalue weighted by Crippen LogP contribution is 2.49. The molecule has 5 heteroatoms. The van der Waals surface area contributed by atoms with Gasteiger partial charge < -0.3 is 9.57 Å². The summed E-state index contributed by atoms with van der Waals surface area (Å²) in [5.41, 5.74) is -0.198. The van der Waals surface area contributed by atoms with Crippen LogP contribution in [0.4, 0.5) is 0 Å². The normalized spacial score (nSPS) is 36.2. The number of methoxy groups -OCH3 is 1. The number of fused-ring (bicyclic) bond motifs is 1. The molecular formula is C12H18ClNO3. The number of ether oxygens (including phenoxy) is 1. The topological polar surface area (TPSA) is 47.9 Å². The standard InChI is InChI=1S/C12H18ClNO3/c1-11(2,3)9-8-5-7(13)6-12(8,17-14-9)10(15)16-4/h7-8H,5-6H2,1-4H3. The van der Waals surface area contributed by atoms with Gasteiger partial charge in [-0.25, -0.2) is 4.79 Å². The van der Waals surface area contributed by atoms with E-state index in [0.717, 1.165) is 5.71 Å². The van der Waals surface area contributed by atoms with Crippen LogP contribution in [0, 0.1) is 11.3 Å². The van der Waals surface area contributed by atoms with Crippen LogP contribution >= 0.6 is 11.6 Å². The Balaban J connectivity index is 2.35. The number of carbonyl (C=O) groups excluding carboxylic acids is 1. The minimum absolute atomic E-state index is 0.0579. The van der Waals surface area contributed by atoms with Crippen molar-refractivity contribution in [3.63, 3.8) is 0 Å². The number of hydrogen-bond donors (Lipinski definition) is 0. The second-order valence-corrected chi connectivity index (χ2v) is 6.41. The van der Waals surface area contributed by atoms with Crippen molar-refractivity contribution in [2.45, 2.75) is 44.6 Å². The van der Waals surface area contributed by atoms with Crippen molar-refractivity contribution in [1.82, 2.24) is 0 Å². The van der Waals surface area contributed by atoms with E-state index in [1.54, 1.807) is 0 Å². The third kappa shape index (κ3) is 1.82. The summed E-state index contributed by atoms with van der Waals surface area (Å²) in [6.45, 7) is 6.18. The predicted octanol–water partition coefficient (Wildman–Crippen LogP) is 2.35. The van der Waals surface area contributed by atoms with Gasteiger partial charge in [-0.3, -0.25) is 0 Å². The second-order valence-electron chi connectivity index (χ2n) is 5.79. The van der Waals surface area contributed by atoms with Gasteiger partial charge in [0.1, 0.15) is 0 Å². The summed E-state index contributed by atoms with van der Waals surface area (Å²) < 4.78 is 4.85. The highest BCUT2D eigenvalue weighted by atomic mass is 35.5. The molecule has 0 spiro atoms. The largest absolute Gasteiger partial charge is 0.466 e. The fourth-order valence-corrected chi connectivity index (χ4v) is 3.13. The smallest absolute Gasteiger partial charge is 0.353 e. The van der Waals surface area contributed by atoms with Gasteiger partial charge in [-0.1, -0.05) is 25.9 Å². The van der Waals surface area contributed by atoms with E-state index >= 15 is 0 Å². The Bertz CT molecular complexity index is 374. The molecule has 0 bridgehead atoms. The lowest BCUT2D eigenvalue weighted by molar-refractivity contribution is -0.168. The highest BCUT2D eigenvalue weighted by Gasteiger charge is 2.62. The number of alkyl halides is 1. The zero-order valence-corrected chi connectivity index (χ0v) is 11.4. The number of hydrogen-bond acceptors (Lipinski definition) is 4. The number of esters is 1. The fourth-order valence-electron chi connectivity index (χ4n) is 2.72. The fraction of sp³-hybridized carbons (Fsp3) is 0.833. The first-order valence-electron chi connectivity index (χ1n) is 5.80. The van der Waals surface area contributed by atoms with Crippen molar-refractivity contribution >= 4 is 23.3 Å². The Labute approximate surface area is 106 Å². The first-order chi connectivity index (χ1) is 7.81. The van der Waals surface area contributed by atoms with Gasteiger partial charge in [0.2, 0.25) is 5.60 Å². The quantitative estimate of drug-likeness (QED) is 0.536. The average molecular weight is 260 g/mol. The van der Waals surface area contributed by atoms with Crippen LogP contribution < -0.4 is 0 Å². The number of oxime groups is 1. The number of rotatable bonds is 1. The number of nitrogens with zero attached hydrogens (tertiary/aromatic N) is 1. The minimum Gasteiger partial charge on any atom is -0.466 e. The molecule has 1 aliphatic heterocycles. The SMILES string of the molecule is COC(=O)C12CC(Cl)CC1C(C(C)(C)C)=NO2. The van der Waals surface area contributed by atoms with E-state index in [-0.39, 0.29) is 22.7 Å². The van der Waals surface area contributed by atoms with E-state index < -0.39 is 5.60 Å². The zero-order valence-electron chi connectivity index (χ0n) is 10.6. The number of halogens is 1. The summed E-state index contributed by atoms with van der Waals surface area (Å²) in [6, 6.07) is 0. The van der Waals surface area contributed by atoms with Crippen molar-refractivity contribution in [2.24, 2.45) is 16.5 Å². The first kappa shape index (κ1) is 12.7. The maximum Gasteiger partial charge on any atom is 0.353 e. The van der Waals surface area contributed by atoms with Gasteiger partial charge in [-0.05, 0) is 6.42 Å². The van der Waals surface area contributed by atoms with E-state index in [4.69, 9.17) is 21.2 Å². The molecule has 3 atom stereocenters. The van der Waals surface area contributed by atoms with Gasteiger partial charge in [-0.2, -0.15) is 0 Å². The van der Waals surface area contributed by atoms with Crippen LogP contribution in [0.5, 0.6) is 0 Å². The van der Waals surface area contributed by atoms with Crippen LogP contribution in [0.1, 0.15) is 33.6 Å². The van der Waals surface area contributed by atoms with E-state index in [1.165, 1.54) is 7.11 Å². The lowest BCUT2D eigenvalue weighted by Gasteiger charge is -2.26. The Morgan fingerprint density at radius 3 is 2.76 bits per heavy atom. The van der Waals surface area contributed by atoms with Gasteiger partial charge in [0.05, 0.1) is 18.7 Å². The molecule has 96 valence electrons. The Kier molecular flexibility index (Phi) is 2.89. The van der Waals surface area contributed by atoms with E-state index in [2.05, 4.69) is 25.9 Å². The third-order valence-electron chi connectivity index (χ3n) is 3.52. The van der Waals surface area contributed by atoms with E-state index in [1.807, 2.05) is 0 Å². The molecule has 0 N–H and O–H groups in total.